The summed E-state index contributed by atoms with van der Waals surface area (Å²) in [4.78, 5) is 171. The van der Waals surface area contributed by atoms with E-state index in [0.29, 0.717) is 143 Å². The first kappa shape index (κ1) is 113. The van der Waals surface area contributed by atoms with Gasteiger partial charge in [0.1, 0.15) is 36.0 Å². The van der Waals surface area contributed by atoms with Crippen LogP contribution in [0.25, 0.3) is 10.9 Å². The molecule has 0 saturated carbocycles. The molecule has 3 aromatic rings. The number of carbonyl (C=O) groups is 11. The fourth-order valence-corrected chi connectivity index (χ4v) is 12.9. The molecule has 0 bridgehead atoms. The number of hydrogen-bond donors (Lipinski definition) is 20. The summed E-state index contributed by atoms with van der Waals surface area (Å²) in [5.41, 5.74) is 40.9. The van der Waals surface area contributed by atoms with Gasteiger partial charge in [-0.2, -0.15) is 0 Å². The Hall–Kier alpha value is -8.79. The fraction of sp³-hybridized carbons (Fsp3) is 0.671. The molecule has 1 aliphatic heterocycles. The number of aromatic nitrogens is 1. The molecule has 2 aromatic carbocycles. The number of benzene rings is 2. The molecule has 46 heteroatoms. The number of hydrogen-bond acceptors (Lipinski definition) is 29. The number of aliphatic imine (C=N–C) groups is 2. The number of carbonyl (C=O) groups excluding carboxylic acids is 11. The Labute approximate surface area is 781 Å². The number of H-pyrrole nitrogens is 1. The van der Waals surface area contributed by atoms with Gasteiger partial charge in [0.25, 0.3) is 0 Å². The second kappa shape index (κ2) is 70.1. The molecule has 5 atom stereocenters. The van der Waals surface area contributed by atoms with Crippen LogP contribution in [0.3, 0.4) is 0 Å². The monoisotopic (exact) mass is 1960 g/mol. The van der Waals surface area contributed by atoms with E-state index in [2.05, 4.69) is 73.5 Å². The SMILES string of the molecule is CC(=O)N[C@@H](Cc1c[nH]c2ccccc12)C(=O)N[C@@H](Cc1ccc(O)cc1)C(=O)N[C@@H](CCCN=C(N)N)C(=O)NCC(=O)N[C@@H](CCCN=C(N)N)C(=O)N[C@@H](CC(C)C)C(=O)NCCOCCOCCNC(=O)CN1CCN(CC(=O)NCCOCCOCCN)CCN(CC(=O)NCCOCCOCCN)CCN(CC(=O)NCCOCCOCCN)CC1.[Gd+3]. The Morgan fingerprint density at radius 2 is 0.766 bits per heavy atom. The van der Waals surface area contributed by atoms with Gasteiger partial charge in [-0.05, 0) is 67.3 Å². The summed E-state index contributed by atoms with van der Waals surface area (Å²) >= 11 is 0. The predicted molar refractivity (Wildman–Crippen MR) is 476 cm³/mol. The number of rotatable bonds is 67. The van der Waals surface area contributed by atoms with E-state index in [1.165, 1.54) is 19.1 Å². The van der Waals surface area contributed by atoms with Gasteiger partial charge in [0.2, 0.25) is 65.0 Å². The van der Waals surface area contributed by atoms with Crippen molar-refractivity contribution in [3.63, 3.8) is 0 Å². The van der Waals surface area contributed by atoms with Crippen LogP contribution in [0.5, 0.6) is 5.75 Å². The van der Waals surface area contributed by atoms with Crippen LogP contribution in [0, 0.1) is 45.9 Å². The van der Waals surface area contributed by atoms with E-state index in [9.17, 15) is 57.8 Å². The van der Waals surface area contributed by atoms with Crippen molar-refractivity contribution in [3.8, 4) is 5.75 Å². The molecule has 1 radical (unpaired) electrons. The van der Waals surface area contributed by atoms with Gasteiger partial charge in [0.05, 0.1) is 138 Å². The summed E-state index contributed by atoms with van der Waals surface area (Å²) in [6, 6.07) is 7.03. The van der Waals surface area contributed by atoms with E-state index in [1.54, 1.807) is 18.3 Å². The number of aromatic amines is 1. The van der Waals surface area contributed by atoms with E-state index in [1.807, 2.05) is 57.7 Å². The third-order valence-corrected chi connectivity index (χ3v) is 19.2. The topological polar surface area (TPSA) is 650 Å². The van der Waals surface area contributed by atoms with Crippen molar-refractivity contribution in [1.29, 1.82) is 0 Å². The second-order valence-corrected chi connectivity index (χ2v) is 30.3. The molecule has 1 aromatic heterocycles. The molecule has 1 saturated heterocycles. The predicted octanol–water partition coefficient (Wildman–Crippen LogP) is -7.82. The number of nitrogens with one attached hydrogen (secondary N) is 12. The molecule has 0 unspecified atom stereocenters. The number of phenolic OH excluding ortho intramolecular Hbond substituents is 1. The number of ether oxygens (including phenoxy) is 8. The molecule has 0 spiro atoms. The average molecular weight is 1960 g/mol. The Morgan fingerprint density at radius 1 is 0.414 bits per heavy atom. The molecule has 4 rings (SSSR count). The number of nitrogens with zero attached hydrogens (tertiary/aromatic N) is 6. The van der Waals surface area contributed by atoms with Crippen molar-refractivity contribution < 1.29 is 136 Å². The largest absolute Gasteiger partial charge is 3.00 e. The summed E-state index contributed by atoms with van der Waals surface area (Å²) in [6.45, 7) is 14.2. The Kier molecular flexibility index (Phi) is 62.1. The first-order valence-electron chi connectivity index (χ1n) is 43.4. The summed E-state index contributed by atoms with van der Waals surface area (Å²) in [7, 11) is 0. The van der Waals surface area contributed by atoms with E-state index < -0.39 is 78.1 Å². The van der Waals surface area contributed by atoms with Crippen LogP contribution in [0.4, 0.5) is 0 Å². The first-order chi connectivity index (χ1) is 61.2. The summed E-state index contributed by atoms with van der Waals surface area (Å²) in [5.74, 6) is -6.59. The molecule has 27 N–H and O–H groups in total. The summed E-state index contributed by atoms with van der Waals surface area (Å²) < 4.78 is 44.4. The van der Waals surface area contributed by atoms with Crippen LogP contribution in [-0.4, -0.2) is 393 Å². The zero-order valence-electron chi connectivity index (χ0n) is 74.5. The minimum absolute atomic E-state index is 0. The molecular formula is C82H143GdN25O20+3. The minimum Gasteiger partial charge on any atom is -0.508 e. The molecule has 1 aliphatic rings. The van der Waals surface area contributed by atoms with Crippen LogP contribution < -0.4 is 98.6 Å². The minimum atomic E-state index is -1.37. The molecular weight excluding hydrogens is 1810 g/mol. The maximum Gasteiger partial charge on any atom is 3.00 e. The number of aromatic hydroxyl groups is 1. The van der Waals surface area contributed by atoms with Crippen LogP contribution in [-0.2, 0) is 103 Å². The van der Waals surface area contributed by atoms with E-state index >= 15 is 0 Å². The van der Waals surface area contributed by atoms with Gasteiger partial charge in [0, 0.05) is 155 Å². The van der Waals surface area contributed by atoms with Crippen molar-refractivity contribution in [2.75, 3.05) is 256 Å². The average Bonchev–Trinajstić information content (AvgIpc) is 1.67. The van der Waals surface area contributed by atoms with Gasteiger partial charge in [-0.25, -0.2) is 0 Å². The molecule has 1 fully saturated rings. The molecule has 45 nitrogen and oxygen atoms in total. The van der Waals surface area contributed by atoms with Crippen LogP contribution in [0.15, 0.2) is 64.7 Å². The molecule has 128 heavy (non-hydrogen) atoms. The van der Waals surface area contributed by atoms with Crippen molar-refractivity contribution in [2.45, 2.75) is 95.9 Å². The Morgan fingerprint density at radius 3 is 1.16 bits per heavy atom. The van der Waals surface area contributed by atoms with Gasteiger partial charge in [0.15, 0.2) is 11.9 Å². The smallest absolute Gasteiger partial charge is 0.508 e. The third-order valence-electron chi connectivity index (χ3n) is 19.2. The van der Waals surface area contributed by atoms with E-state index in [-0.39, 0.29) is 250 Å². The van der Waals surface area contributed by atoms with Gasteiger partial charge in [-0.3, -0.25) is 82.3 Å². The van der Waals surface area contributed by atoms with Crippen molar-refractivity contribution in [1.82, 2.24) is 83.1 Å². The Bertz CT molecular complexity index is 3690. The molecule has 0 aliphatic carbocycles. The maximum absolute atomic E-state index is 14.5. The molecule has 11 amide bonds. The van der Waals surface area contributed by atoms with Crippen molar-refractivity contribution >= 4 is 87.8 Å². The number of amides is 11. The summed E-state index contributed by atoms with van der Waals surface area (Å²) in [6.07, 6.45) is 2.04. The zero-order valence-corrected chi connectivity index (χ0v) is 76.7. The second-order valence-electron chi connectivity index (χ2n) is 30.3. The van der Waals surface area contributed by atoms with Crippen LogP contribution in [0.2, 0.25) is 0 Å². The van der Waals surface area contributed by atoms with Gasteiger partial charge < -0.3 is 147 Å². The third kappa shape index (κ3) is 54.0. The number of nitrogens with two attached hydrogens (primary N) is 7. The fourth-order valence-electron chi connectivity index (χ4n) is 12.9. The van der Waals surface area contributed by atoms with Gasteiger partial charge in [-0.15, -0.1) is 0 Å². The van der Waals surface area contributed by atoms with E-state index in [0.717, 1.165) is 10.9 Å². The van der Waals surface area contributed by atoms with Crippen LogP contribution >= 0.6 is 0 Å². The molecule has 2 heterocycles. The normalized spacial score (nSPS) is 14.2. The number of para-hydroxylation sites is 1. The number of phenols is 1. The first-order valence-corrected chi connectivity index (χ1v) is 43.4. The van der Waals surface area contributed by atoms with E-state index in [4.69, 9.17) is 78.0 Å². The summed E-state index contributed by atoms with van der Waals surface area (Å²) in [5, 5.41) is 41.4. The molecule has 721 valence electrons. The zero-order chi connectivity index (χ0) is 92.6. The number of fused-ring (bicyclic) bond motifs is 1. The van der Waals surface area contributed by atoms with Crippen molar-refractivity contribution in [3.05, 3.63) is 65.9 Å². The van der Waals surface area contributed by atoms with Gasteiger partial charge in [-0.1, -0.05) is 44.2 Å². The maximum atomic E-state index is 14.5. The Balaban J connectivity index is 0.0000422. The van der Waals surface area contributed by atoms with Gasteiger partial charge >= 0.3 is 39.9 Å². The standard InChI is InChI=1S/C82H143N25O20.Gd/c1-59(2)50-68(102-78(117)67(11-7-20-96-82(88)89)100-71(110)54-98-76(115)66(10-6-19-95-81(86)87)101-79(118)69(51-61-12-14-63(109)15-13-61)103-80(119)70(99-60(3)108)52-62-53-97-65-9-5-4-8-64(62)65)77(116)94-25-41-127-49-48-126-40-24-93-75(114)58-107-32-30-105(56-73(112)91-22-38-124-46-43-121-35-17-84)28-26-104(55-72(111)90-21-37-123-45-42-120-34-16-83)27-29-106(31-33-107)57-74(113)92-23-39-125-47-44-122-36-18-85;/h4-5,8-9,12-15,53,59,66-70,97,109H,6-7,10-11,16-52,54-58,83-85H2,1-3H3,(H,90,111)(H,91,112)(H,92,113)(H,93,114)(H,94,116)(H,98,115)(H,99,108)(H,100,110)(H,101,118)(H,102,117)(H,103,119)(H4,86,87,95)(H4,88,89,96);/q;+3/t66-,67-,68-,69-,70-;/m0./s1. The van der Waals surface area contributed by atoms with Crippen molar-refractivity contribution in [2.24, 2.45) is 56.0 Å². The number of guanidine groups is 2. The van der Waals surface area contributed by atoms with Crippen LogP contribution in [0.1, 0.15) is 64.0 Å². The quantitative estimate of drug-likeness (QED) is 0.0142.